The Kier molecular flexibility index (Phi) is 4.17. The number of alkyl halides is 3. The lowest BCUT2D eigenvalue weighted by atomic mass is 9.94. The normalized spacial score (nSPS) is 25.2. The fourth-order valence-electron chi connectivity index (χ4n) is 4.42. The van der Waals surface area contributed by atoms with Gasteiger partial charge >= 0.3 is 12.1 Å². The van der Waals surface area contributed by atoms with Gasteiger partial charge in [-0.3, -0.25) is 4.79 Å². The molecule has 1 aliphatic heterocycles. The molecule has 1 saturated carbocycles. The minimum atomic E-state index is -4.56. The lowest BCUT2D eigenvalue weighted by Gasteiger charge is -2.24. The van der Waals surface area contributed by atoms with Crippen LogP contribution in [0.15, 0.2) is 12.1 Å². The Morgan fingerprint density at radius 2 is 2.04 bits per heavy atom. The smallest absolute Gasteiger partial charge is 0.433 e. The van der Waals surface area contributed by atoms with Crippen molar-refractivity contribution >= 4 is 33.4 Å². The number of carbonyl (C=O) groups excluding carboxylic acids is 1. The molecule has 27 heavy (non-hydrogen) atoms. The van der Waals surface area contributed by atoms with Gasteiger partial charge in [-0.05, 0) is 49.3 Å². The standard InChI is InChI=1S/C18H17F3N2O3S/c1-8-10-5-6-12(18(19,20)21)22-15(10)27-14(8)16(24)23-7-9-3-2-4-11(9)13(23)17(25)26/h5-6,9,11,13H,2-4,7H2,1H3,(H,25,26). The molecule has 0 aromatic carbocycles. The van der Waals surface area contributed by atoms with Crippen molar-refractivity contribution in [3.05, 3.63) is 28.3 Å². The number of carboxylic acids is 1. The third-order valence-electron chi connectivity index (χ3n) is 5.69. The number of aromatic nitrogens is 1. The molecule has 1 aliphatic carbocycles. The lowest BCUT2D eigenvalue weighted by Crippen LogP contribution is -2.43. The predicted molar refractivity (Wildman–Crippen MR) is 92.7 cm³/mol. The third kappa shape index (κ3) is 2.88. The summed E-state index contributed by atoms with van der Waals surface area (Å²) in [5.41, 5.74) is -0.461. The SMILES string of the molecule is Cc1c(C(=O)N2CC3CCCC3C2C(=O)O)sc2nc(C(F)(F)F)ccc12. The van der Waals surface area contributed by atoms with Crippen LogP contribution in [0.3, 0.4) is 0 Å². The van der Waals surface area contributed by atoms with Gasteiger partial charge in [-0.2, -0.15) is 13.2 Å². The average molecular weight is 398 g/mol. The fourth-order valence-corrected chi connectivity index (χ4v) is 5.56. The molecule has 9 heteroatoms. The fraction of sp³-hybridized carbons (Fsp3) is 0.500. The first kappa shape index (κ1) is 18.2. The Balaban J connectivity index is 1.72. The Labute approximate surface area is 156 Å². The third-order valence-corrected chi connectivity index (χ3v) is 6.88. The van der Waals surface area contributed by atoms with Crippen LogP contribution in [0.4, 0.5) is 13.2 Å². The number of aliphatic carboxylic acids is 1. The molecule has 2 aromatic heterocycles. The highest BCUT2D eigenvalue weighted by Crippen LogP contribution is 2.44. The molecule has 1 saturated heterocycles. The number of halogens is 3. The van der Waals surface area contributed by atoms with E-state index in [1.54, 1.807) is 6.92 Å². The number of likely N-dealkylation sites (tertiary alicyclic amines) is 1. The van der Waals surface area contributed by atoms with Gasteiger partial charge < -0.3 is 10.0 Å². The summed E-state index contributed by atoms with van der Waals surface area (Å²) in [4.78, 5) is 30.3. The highest BCUT2D eigenvalue weighted by molar-refractivity contribution is 7.20. The second-order valence-electron chi connectivity index (χ2n) is 7.20. The molecular weight excluding hydrogens is 381 g/mol. The van der Waals surface area contributed by atoms with Crippen molar-refractivity contribution in [2.24, 2.45) is 11.8 Å². The molecule has 2 aromatic rings. The van der Waals surface area contributed by atoms with E-state index in [1.165, 1.54) is 11.0 Å². The largest absolute Gasteiger partial charge is 0.480 e. The minimum Gasteiger partial charge on any atom is -0.480 e. The number of carbonyl (C=O) groups is 2. The molecule has 3 heterocycles. The summed E-state index contributed by atoms with van der Waals surface area (Å²) in [6.45, 7) is 2.04. The first-order valence-corrected chi connectivity index (χ1v) is 9.51. The monoisotopic (exact) mass is 398 g/mol. The van der Waals surface area contributed by atoms with Crippen molar-refractivity contribution in [3.63, 3.8) is 0 Å². The van der Waals surface area contributed by atoms with Crippen molar-refractivity contribution in [2.75, 3.05) is 6.54 Å². The summed E-state index contributed by atoms with van der Waals surface area (Å²) >= 11 is 0.896. The van der Waals surface area contributed by atoms with Crippen molar-refractivity contribution < 1.29 is 27.9 Å². The number of carboxylic acid groups (broad SMARTS) is 1. The van der Waals surface area contributed by atoms with Gasteiger partial charge in [0.2, 0.25) is 0 Å². The first-order chi connectivity index (χ1) is 12.7. The molecule has 1 amide bonds. The number of amides is 1. The van der Waals surface area contributed by atoms with E-state index in [0.717, 1.165) is 36.7 Å². The van der Waals surface area contributed by atoms with Gasteiger partial charge in [-0.1, -0.05) is 6.42 Å². The van der Waals surface area contributed by atoms with Crippen molar-refractivity contribution in [1.82, 2.24) is 9.88 Å². The van der Waals surface area contributed by atoms with E-state index in [9.17, 15) is 27.9 Å². The van der Waals surface area contributed by atoms with Crippen LogP contribution in [-0.4, -0.2) is 39.5 Å². The molecule has 3 atom stereocenters. The molecule has 2 aliphatic rings. The van der Waals surface area contributed by atoms with Gasteiger partial charge in [0.15, 0.2) is 0 Å². The van der Waals surface area contributed by atoms with Crippen LogP contribution < -0.4 is 0 Å². The van der Waals surface area contributed by atoms with Gasteiger partial charge in [0.05, 0.1) is 4.88 Å². The van der Waals surface area contributed by atoms with E-state index >= 15 is 0 Å². The second kappa shape index (κ2) is 6.19. The predicted octanol–water partition coefficient (Wildman–Crippen LogP) is 3.95. The summed E-state index contributed by atoms with van der Waals surface area (Å²) in [6, 6.07) is 1.35. The molecular formula is C18H17F3N2O3S. The highest BCUT2D eigenvalue weighted by atomic mass is 32.1. The number of rotatable bonds is 2. The maximum atomic E-state index is 13.1. The highest BCUT2D eigenvalue weighted by Gasteiger charge is 2.50. The average Bonchev–Trinajstić information content (AvgIpc) is 3.25. The number of aryl methyl sites for hydroxylation is 1. The molecule has 2 fully saturated rings. The van der Waals surface area contributed by atoms with E-state index < -0.39 is 29.8 Å². The van der Waals surface area contributed by atoms with Crippen LogP contribution in [0.1, 0.15) is 40.2 Å². The number of hydrogen-bond donors (Lipinski definition) is 1. The van der Waals surface area contributed by atoms with Crippen LogP contribution in [-0.2, 0) is 11.0 Å². The Bertz CT molecular complexity index is 940. The van der Waals surface area contributed by atoms with E-state index in [2.05, 4.69) is 4.98 Å². The zero-order valence-electron chi connectivity index (χ0n) is 14.4. The Hall–Kier alpha value is -2.16. The van der Waals surface area contributed by atoms with Crippen molar-refractivity contribution in [1.29, 1.82) is 0 Å². The molecule has 1 N–H and O–H groups in total. The van der Waals surface area contributed by atoms with Crippen molar-refractivity contribution in [3.8, 4) is 0 Å². The topological polar surface area (TPSA) is 70.5 Å². The van der Waals surface area contributed by atoms with E-state index in [-0.39, 0.29) is 21.5 Å². The molecule has 144 valence electrons. The van der Waals surface area contributed by atoms with E-state index in [1.807, 2.05) is 0 Å². The quantitative estimate of drug-likeness (QED) is 0.832. The van der Waals surface area contributed by atoms with Crippen LogP contribution in [0.5, 0.6) is 0 Å². The molecule has 0 radical (unpaired) electrons. The van der Waals surface area contributed by atoms with Crippen LogP contribution >= 0.6 is 11.3 Å². The summed E-state index contributed by atoms with van der Waals surface area (Å²) < 4.78 is 38.7. The molecule has 5 nitrogen and oxygen atoms in total. The van der Waals surface area contributed by atoms with Gasteiger partial charge in [-0.25, -0.2) is 9.78 Å². The zero-order valence-corrected chi connectivity index (χ0v) is 15.2. The van der Waals surface area contributed by atoms with Crippen LogP contribution in [0.25, 0.3) is 10.2 Å². The molecule has 4 rings (SSSR count). The van der Waals surface area contributed by atoms with Crippen molar-refractivity contribution in [2.45, 2.75) is 38.4 Å². The second-order valence-corrected chi connectivity index (χ2v) is 8.20. The van der Waals surface area contributed by atoms with Crippen LogP contribution in [0.2, 0.25) is 0 Å². The minimum absolute atomic E-state index is 0.0453. The number of pyridine rings is 1. The van der Waals surface area contributed by atoms with Gasteiger partial charge in [0.25, 0.3) is 5.91 Å². The van der Waals surface area contributed by atoms with Gasteiger partial charge in [0, 0.05) is 11.9 Å². The van der Waals surface area contributed by atoms with E-state index in [0.29, 0.717) is 17.5 Å². The Morgan fingerprint density at radius 3 is 2.70 bits per heavy atom. The Morgan fingerprint density at radius 1 is 1.30 bits per heavy atom. The number of thiophene rings is 1. The maximum Gasteiger partial charge on any atom is 0.433 e. The zero-order chi connectivity index (χ0) is 19.5. The molecule has 0 bridgehead atoms. The summed E-state index contributed by atoms with van der Waals surface area (Å²) in [5.74, 6) is -1.31. The number of hydrogen-bond acceptors (Lipinski definition) is 4. The summed E-state index contributed by atoms with van der Waals surface area (Å²) in [5, 5.41) is 10.1. The summed E-state index contributed by atoms with van der Waals surface area (Å²) in [7, 11) is 0. The first-order valence-electron chi connectivity index (χ1n) is 8.69. The van der Waals surface area contributed by atoms with Crippen LogP contribution in [0, 0.1) is 18.8 Å². The number of nitrogens with zero attached hydrogens (tertiary/aromatic N) is 2. The lowest BCUT2D eigenvalue weighted by molar-refractivity contribution is -0.143. The molecule has 0 spiro atoms. The van der Waals surface area contributed by atoms with E-state index in [4.69, 9.17) is 0 Å². The molecule has 3 unspecified atom stereocenters. The van der Waals surface area contributed by atoms with Gasteiger partial charge in [-0.15, -0.1) is 11.3 Å². The maximum absolute atomic E-state index is 13.1. The number of fused-ring (bicyclic) bond motifs is 2. The van der Waals surface area contributed by atoms with Gasteiger partial charge in [0.1, 0.15) is 16.6 Å². The summed E-state index contributed by atoms with van der Waals surface area (Å²) in [6.07, 6.45) is -1.91.